The lowest BCUT2D eigenvalue weighted by atomic mass is 9.96. The van der Waals surface area contributed by atoms with Crippen LogP contribution in [0.3, 0.4) is 0 Å². The molecule has 2 aromatic rings. The number of aryl methyl sites for hydroxylation is 1. The van der Waals surface area contributed by atoms with Crippen molar-refractivity contribution in [3.63, 3.8) is 0 Å². The van der Waals surface area contributed by atoms with Gasteiger partial charge in [-0.05, 0) is 32.9 Å². The number of thiophene rings is 1. The topological polar surface area (TPSA) is 88.0 Å². The summed E-state index contributed by atoms with van der Waals surface area (Å²) in [5.41, 5.74) is 0.964. The minimum absolute atomic E-state index is 0.00940. The Morgan fingerprint density at radius 3 is 2.73 bits per heavy atom. The Morgan fingerprint density at radius 2 is 2.00 bits per heavy atom. The molecule has 7 nitrogen and oxygen atoms in total. The van der Waals surface area contributed by atoms with E-state index in [0.29, 0.717) is 24.0 Å². The van der Waals surface area contributed by atoms with E-state index in [1.54, 1.807) is 0 Å². The van der Waals surface area contributed by atoms with Crippen LogP contribution in [0.1, 0.15) is 53.5 Å². The number of aromatic nitrogens is 2. The number of hydrogen-bond donors (Lipinski definition) is 3. The largest absolute Gasteiger partial charge is 0.353 e. The molecular formula is C18H27N5O2S. The molecule has 1 saturated carbocycles. The van der Waals surface area contributed by atoms with E-state index in [9.17, 15) is 9.59 Å². The van der Waals surface area contributed by atoms with Gasteiger partial charge in [0.15, 0.2) is 0 Å². The van der Waals surface area contributed by atoms with Crippen LogP contribution in [-0.4, -0.2) is 48.3 Å². The number of carbonyl (C=O) groups is 2. The van der Waals surface area contributed by atoms with Gasteiger partial charge in [-0.1, -0.05) is 19.3 Å². The van der Waals surface area contributed by atoms with Crippen LogP contribution >= 0.6 is 11.3 Å². The second-order valence-corrected chi connectivity index (χ2v) is 7.82. The SMILES string of the molecule is CNCCNC(=O)CNC(=O)c1cc2c(C)nn(C3CCCCC3)c2s1. The van der Waals surface area contributed by atoms with Crippen LogP contribution in [0.5, 0.6) is 0 Å². The minimum atomic E-state index is -0.204. The summed E-state index contributed by atoms with van der Waals surface area (Å²) in [4.78, 5) is 25.8. The van der Waals surface area contributed by atoms with Crippen molar-refractivity contribution in [2.45, 2.75) is 45.1 Å². The normalized spacial score (nSPS) is 15.3. The number of nitrogens with zero attached hydrogens (tertiary/aromatic N) is 2. The lowest BCUT2D eigenvalue weighted by Gasteiger charge is -2.22. The van der Waals surface area contributed by atoms with Crippen LogP contribution in [0.25, 0.3) is 10.2 Å². The summed E-state index contributed by atoms with van der Waals surface area (Å²) in [5, 5.41) is 14.2. The molecule has 3 N–H and O–H groups in total. The van der Waals surface area contributed by atoms with Crippen molar-refractivity contribution < 1.29 is 9.59 Å². The number of likely N-dealkylation sites (N-methyl/N-ethyl adjacent to an activating group) is 1. The van der Waals surface area contributed by atoms with Crippen molar-refractivity contribution in [3.8, 4) is 0 Å². The molecule has 8 heteroatoms. The summed E-state index contributed by atoms with van der Waals surface area (Å²) in [6.45, 7) is 3.23. The first-order valence-electron chi connectivity index (χ1n) is 9.28. The van der Waals surface area contributed by atoms with E-state index >= 15 is 0 Å². The number of carbonyl (C=O) groups excluding carboxylic acids is 2. The van der Waals surface area contributed by atoms with Crippen molar-refractivity contribution >= 4 is 33.4 Å². The van der Waals surface area contributed by atoms with Gasteiger partial charge in [-0.15, -0.1) is 11.3 Å². The van der Waals surface area contributed by atoms with Gasteiger partial charge in [0.25, 0.3) is 5.91 Å². The number of fused-ring (bicyclic) bond motifs is 1. The van der Waals surface area contributed by atoms with E-state index in [2.05, 4.69) is 20.6 Å². The Morgan fingerprint density at radius 1 is 1.23 bits per heavy atom. The Hall–Kier alpha value is -1.93. The highest BCUT2D eigenvalue weighted by Gasteiger charge is 2.22. The first-order chi connectivity index (χ1) is 12.6. The Bertz CT molecular complexity index is 776. The fraction of sp³-hybridized carbons (Fsp3) is 0.611. The summed E-state index contributed by atoms with van der Waals surface area (Å²) in [7, 11) is 1.83. The van der Waals surface area contributed by atoms with Crippen LogP contribution < -0.4 is 16.0 Å². The van der Waals surface area contributed by atoms with E-state index in [0.717, 1.165) is 28.8 Å². The zero-order valence-corrected chi connectivity index (χ0v) is 16.2. The van der Waals surface area contributed by atoms with Crippen LogP contribution in [0.15, 0.2) is 6.07 Å². The molecule has 142 valence electrons. The van der Waals surface area contributed by atoms with E-state index in [4.69, 9.17) is 5.10 Å². The zero-order chi connectivity index (χ0) is 18.5. The van der Waals surface area contributed by atoms with Crippen LogP contribution in [0, 0.1) is 6.92 Å². The van der Waals surface area contributed by atoms with Gasteiger partial charge < -0.3 is 16.0 Å². The van der Waals surface area contributed by atoms with Gasteiger partial charge in [0, 0.05) is 18.5 Å². The molecule has 0 saturated heterocycles. The van der Waals surface area contributed by atoms with Gasteiger partial charge >= 0.3 is 0 Å². The summed E-state index contributed by atoms with van der Waals surface area (Å²) < 4.78 is 2.12. The predicted octanol–water partition coefficient (Wildman–Crippen LogP) is 1.98. The van der Waals surface area contributed by atoms with Crippen LogP contribution in [0.2, 0.25) is 0 Å². The molecule has 2 aromatic heterocycles. The minimum Gasteiger partial charge on any atom is -0.353 e. The average molecular weight is 378 g/mol. The third-order valence-corrected chi connectivity index (χ3v) is 5.94. The van der Waals surface area contributed by atoms with Gasteiger partial charge in [0.2, 0.25) is 5.91 Å². The Labute approximate surface area is 157 Å². The fourth-order valence-electron chi connectivity index (χ4n) is 3.39. The number of rotatable bonds is 7. The molecule has 1 aliphatic rings. The highest BCUT2D eigenvalue weighted by Crippen LogP contribution is 2.35. The first-order valence-corrected chi connectivity index (χ1v) is 10.1. The monoisotopic (exact) mass is 377 g/mol. The fourth-order valence-corrected chi connectivity index (χ4v) is 4.54. The van der Waals surface area contributed by atoms with Crippen molar-refractivity contribution in [1.82, 2.24) is 25.7 Å². The average Bonchev–Trinajstić information content (AvgIpc) is 3.21. The molecule has 0 bridgehead atoms. The molecule has 0 radical (unpaired) electrons. The molecule has 0 aromatic carbocycles. The molecule has 0 spiro atoms. The third kappa shape index (κ3) is 4.24. The van der Waals surface area contributed by atoms with Crippen molar-refractivity contribution in [2.75, 3.05) is 26.7 Å². The van der Waals surface area contributed by atoms with E-state index in [1.165, 1.54) is 30.6 Å². The molecule has 2 amide bonds. The molecule has 26 heavy (non-hydrogen) atoms. The van der Waals surface area contributed by atoms with Gasteiger partial charge in [0.05, 0.1) is 23.2 Å². The summed E-state index contributed by atoms with van der Waals surface area (Å²) in [5.74, 6) is -0.385. The van der Waals surface area contributed by atoms with Gasteiger partial charge in [0.1, 0.15) is 4.83 Å². The van der Waals surface area contributed by atoms with Crippen LogP contribution in [0.4, 0.5) is 0 Å². The quantitative estimate of drug-likeness (QED) is 0.644. The molecule has 0 atom stereocenters. The second kappa shape index (κ2) is 8.64. The highest BCUT2D eigenvalue weighted by molar-refractivity contribution is 7.20. The lowest BCUT2D eigenvalue weighted by Crippen LogP contribution is -2.39. The van der Waals surface area contributed by atoms with Gasteiger partial charge in [-0.3, -0.25) is 14.3 Å². The number of hydrogen-bond acceptors (Lipinski definition) is 5. The highest BCUT2D eigenvalue weighted by atomic mass is 32.1. The first kappa shape index (κ1) is 18.8. The molecule has 1 aliphatic carbocycles. The second-order valence-electron chi connectivity index (χ2n) is 6.79. The standard InChI is InChI=1S/C18H27N5O2S/c1-12-14-10-15(17(25)21-11-16(24)20-9-8-19-2)26-18(14)23(22-12)13-6-4-3-5-7-13/h10,13,19H,3-9,11H2,1-2H3,(H,20,24)(H,21,25). The Kier molecular flexibility index (Phi) is 6.26. The molecular weight excluding hydrogens is 350 g/mol. The summed E-state index contributed by atoms with van der Waals surface area (Å²) in [6.07, 6.45) is 6.10. The third-order valence-electron chi connectivity index (χ3n) is 4.82. The van der Waals surface area contributed by atoms with Crippen molar-refractivity contribution in [1.29, 1.82) is 0 Å². The number of amides is 2. The van der Waals surface area contributed by atoms with Gasteiger partial charge in [-0.2, -0.15) is 5.10 Å². The maximum absolute atomic E-state index is 12.4. The maximum atomic E-state index is 12.4. The van der Waals surface area contributed by atoms with E-state index in [-0.39, 0.29) is 18.4 Å². The predicted molar refractivity (Wildman–Crippen MR) is 104 cm³/mol. The smallest absolute Gasteiger partial charge is 0.261 e. The molecule has 3 rings (SSSR count). The van der Waals surface area contributed by atoms with E-state index in [1.807, 2.05) is 20.0 Å². The summed E-state index contributed by atoms with van der Waals surface area (Å²) >= 11 is 1.47. The summed E-state index contributed by atoms with van der Waals surface area (Å²) in [6, 6.07) is 2.34. The number of nitrogens with one attached hydrogen (secondary N) is 3. The molecule has 0 unspecified atom stereocenters. The molecule has 2 heterocycles. The zero-order valence-electron chi connectivity index (χ0n) is 15.4. The van der Waals surface area contributed by atoms with Crippen molar-refractivity contribution in [2.24, 2.45) is 0 Å². The lowest BCUT2D eigenvalue weighted by molar-refractivity contribution is -0.120. The van der Waals surface area contributed by atoms with E-state index < -0.39 is 0 Å². The van der Waals surface area contributed by atoms with Crippen molar-refractivity contribution in [3.05, 3.63) is 16.6 Å². The van der Waals surface area contributed by atoms with Gasteiger partial charge in [-0.25, -0.2) is 0 Å². The maximum Gasteiger partial charge on any atom is 0.261 e. The molecule has 0 aliphatic heterocycles. The van der Waals surface area contributed by atoms with Crippen LogP contribution in [-0.2, 0) is 4.79 Å². The Balaban J connectivity index is 1.66. The molecule has 1 fully saturated rings.